The summed E-state index contributed by atoms with van der Waals surface area (Å²) in [5.74, 6) is 1.71. The van der Waals surface area contributed by atoms with Crippen molar-refractivity contribution in [2.45, 2.75) is 0 Å². The average Bonchev–Trinajstić information content (AvgIpc) is 3.39. The number of hydrogen-bond donors (Lipinski definition) is 1. The van der Waals surface area contributed by atoms with E-state index >= 15 is 0 Å². The minimum absolute atomic E-state index is 0.126. The summed E-state index contributed by atoms with van der Waals surface area (Å²) in [6.45, 7) is 2.67. The van der Waals surface area contributed by atoms with Crippen LogP contribution in [0.4, 0.5) is 5.69 Å². The number of furan rings is 1. The van der Waals surface area contributed by atoms with E-state index in [1.807, 2.05) is 4.90 Å². The SMILES string of the molecule is COc1cc2c(cc1NC(=O)CN1CCN(C(=O)c3ccco3)CC1)OCO2. The highest BCUT2D eigenvalue weighted by Gasteiger charge is 2.25. The molecule has 4 rings (SSSR count). The van der Waals surface area contributed by atoms with Crippen molar-refractivity contribution in [2.24, 2.45) is 0 Å². The number of amides is 2. The molecule has 9 nitrogen and oxygen atoms in total. The van der Waals surface area contributed by atoms with Crippen molar-refractivity contribution in [3.8, 4) is 17.2 Å². The van der Waals surface area contributed by atoms with Gasteiger partial charge in [-0.25, -0.2) is 0 Å². The Hall–Kier alpha value is -3.20. The second-order valence-corrected chi connectivity index (χ2v) is 6.50. The minimum Gasteiger partial charge on any atom is -0.494 e. The molecule has 1 N–H and O–H groups in total. The molecule has 0 radical (unpaired) electrons. The van der Waals surface area contributed by atoms with Gasteiger partial charge in [-0.15, -0.1) is 0 Å². The second-order valence-electron chi connectivity index (χ2n) is 6.50. The van der Waals surface area contributed by atoms with Gasteiger partial charge in [-0.05, 0) is 12.1 Å². The maximum Gasteiger partial charge on any atom is 0.289 e. The number of piperazine rings is 1. The summed E-state index contributed by atoms with van der Waals surface area (Å²) in [7, 11) is 1.53. The Balaban J connectivity index is 1.31. The first kappa shape index (κ1) is 18.2. The molecule has 0 spiro atoms. The van der Waals surface area contributed by atoms with Crippen LogP contribution in [0.3, 0.4) is 0 Å². The zero-order valence-electron chi connectivity index (χ0n) is 15.5. The molecule has 1 fully saturated rings. The lowest BCUT2D eigenvalue weighted by Crippen LogP contribution is -2.50. The monoisotopic (exact) mass is 387 g/mol. The van der Waals surface area contributed by atoms with Crippen LogP contribution in [-0.4, -0.2) is 68.2 Å². The van der Waals surface area contributed by atoms with Crippen molar-refractivity contribution >= 4 is 17.5 Å². The van der Waals surface area contributed by atoms with Gasteiger partial charge < -0.3 is 28.8 Å². The molecule has 1 aromatic carbocycles. The van der Waals surface area contributed by atoms with Crippen LogP contribution in [0.15, 0.2) is 34.9 Å². The van der Waals surface area contributed by atoms with Gasteiger partial charge in [-0.2, -0.15) is 0 Å². The predicted octanol–water partition coefficient (Wildman–Crippen LogP) is 1.41. The lowest BCUT2D eigenvalue weighted by atomic mass is 10.2. The number of carbonyl (C=O) groups is 2. The maximum absolute atomic E-state index is 12.5. The van der Waals surface area contributed by atoms with Gasteiger partial charge in [0.2, 0.25) is 12.7 Å². The second kappa shape index (κ2) is 7.81. The topological polar surface area (TPSA) is 93.5 Å². The molecule has 0 unspecified atom stereocenters. The zero-order chi connectivity index (χ0) is 19.5. The van der Waals surface area contributed by atoms with Crippen molar-refractivity contribution in [1.29, 1.82) is 0 Å². The zero-order valence-corrected chi connectivity index (χ0v) is 15.5. The van der Waals surface area contributed by atoms with Crippen LogP contribution in [0.5, 0.6) is 17.2 Å². The number of nitrogens with one attached hydrogen (secondary N) is 1. The number of benzene rings is 1. The van der Waals surface area contributed by atoms with E-state index in [0.717, 1.165) is 0 Å². The van der Waals surface area contributed by atoms with Crippen molar-refractivity contribution in [1.82, 2.24) is 9.80 Å². The lowest BCUT2D eigenvalue weighted by Gasteiger charge is -2.33. The van der Waals surface area contributed by atoms with Gasteiger partial charge in [0.05, 0.1) is 25.6 Å². The van der Waals surface area contributed by atoms with Crippen LogP contribution < -0.4 is 19.5 Å². The third-order valence-electron chi connectivity index (χ3n) is 4.73. The van der Waals surface area contributed by atoms with Gasteiger partial charge >= 0.3 is 0 Å². The van der Waals surface area contributed by atoms with Gasteiger partial charge in [0.1, 0.15) is 5.75 Å². The summed E-state index contributed by atoms with van der Waals surface area (Å²) in [5, 5.41) is 2.86. The van der Waals surface area contributed by atoms with E-state index in [1.165, 1.54) is 13.4 Å². The number of nitrogens with zero attached hydrogens (tertiary/aromatic N) is 2. The number of ether oxygens (including phenoxy) is 3. The van der Waals surface area contributed by atoms with Crippen molar-refractivity contribution in [3.63, 3.8) is 0 Å². The van der Waals surface area contributed by atoms with E-state index in [0.29, 0.717) is 54.9 Å². The minimum atomic E-state index is -0.164. The fourth-order valence-corrected chi connectivity index (χ4v) is 3.25. The molecule has 0 atom stereocenters. The molecule has 3 heterocycles. The Kier molecular flexibility index (Phi) is 5.07. The van der Waals surface area contributed by atoms with Crippen molar-refractivity contribution in [3.05, 3.63) is 36.3 Å². The smallest absolute Gasteiger partial charge is 0.289 e. The predicted molar refractivity (Wildman–Crippen MR) is 98.8 cm³/mol. The van der Waals surface area contributed by atoms with Crippen LogP contribution in [0.25, 0.3) is 0 Å². The third-order valence-corrected chi connectivity index (χ3v) is 4.73. The van der Waals surface area contributed by atoms with E-state index in [1.54, 1.807) is 29.2 Å². The molecule has 0 aliphatic carbocycles. The van der Waals surface area contributed by atoms with Crippen LogP contribution >= 0.6 is 0 Å². The Morgan fingerprint density at radius 3 is 2.57 bits per heavy atom. The number of anilines is 1. The lowest BCUT2D eigenvalue weighted by molar-refractivity contribution is -0.117. The van der Waals surface area contributed by atoms with E-state index < -0.39 is 0 Å². The Morgan fingerprint density at radius 1 is 1.14 bits per heavy atom. The van der Waals surface area contributed by atoms with Crippen LogP contribution in [0.2, 0.25) is 0 Å². The van der Waals surface area contributed by atoms with E-state index in [4.69, 9.17) is 18.6 Å². The highest BCUT2D eigenvalue weighted by atomic mass is 16.7. The number of rotatable bonds is 5. The number of fused-ring (bicyclic) bond motifs is 1. The summed E-state index contributed by atoms with van der Waals surface area (Å²) in [5.41, 5.74) is 0.531. The molecule has 2 aliphatic heterocycles. The summed E-state index contributed by atoms with van der Waals surface area (Å²) in [6.07, 6.45) is 1.48. The van der Waals surface area contributed by atoms with Gasteiger partial charge in [0.25, 0.3) is 5.91 Å². The van der Waals surface area contributed by atoms with Gasteiger partial charge in [0, 0.05) is 38.3 Å². The first-order valence-electron chi connectivity index (χ1n) is 8.96. The molecular formula is C19H21N3O6. The van der Waals surface area contributed by atoms with Gasteiger partial charge in [-0.1, -0.05) is 0 Å². The Bertz CT molecular complexity index is 859. The summed E-state index contributed by atoms with van der Waals surface area (Å²) < 4.78 is 21.1. The van der Waals surface area contributed by atoms with E-state index in [-0.39, 0.29) is 25.2 Å². The molecule has 2 aromatic rings. The fraction of sp³-hybridized carbons (Fsp3) is 0.368. The molecule has 1 saturated heterocycles. The highest BCUT2D eigenvalue weighted by molar-refractivity contribution is 5.94. The molecule has 28 heavy (non-hydrogen) atoms. The van der Waals surface area contributed by atoms with Crippen LogP contribution in [0, 0.1) is 0 Å². The molecule has 2 amide bonds. The molecular weight excluding hydrogens is 366 g/mol. The number of methoxy groups -OCH3 is 1. The third kappa shape index (κ3) is 3.74. The van der Waals surface area contributed by atoms with Crippen LogP contribution in [0.1, 0.15) is 10.6 Å². The first-order valence-corrected chi connectivity index (χ1v) is 8.96. The summed E-state index contributed by atoms with van der Waals surface area (Å²) in [6, 6.07) is 6.73. The number of hydrogen-bond acceptors (Lipinski definition) is 7. The fourth-order valence-electron chi connectivity index (χ4n) is 3.25. The molecule has 0 saturated carbocycles. The highest BCUT2D eigenvalue weighted by Crippen LogP contribution is 2.40. The quantitative estimate of drug-likeness (QED) is 0.829. The first-order chi connectivity index (χ1) is 13.6. The van der Waals surface area contributed by atoms with Gasteiger partial charge in [-0.3, -0.25) is 14.5 Å². The Labute approximate surface area is 161 Å². The number of carbonyl (C=O) groups excluding carboxylic acids is 2. The van der Waals surface area contributed by atoms with E-state index in [9.17, 15) is 9.59 Å². The molecule has 0 bridgehead atoms. The van der Waals surface area contributed by atoms with E-state index in [2.05, 4.69) is 5.32 Å². The standard InChI is InChI=1S/C19H21N3O6/c1-25-15-10-17-16(27-12-28-17)9-13(15)20-18(23)11-21-4-6-22(7-5-21)19(24)14-3-2-8-26-14/h2-3,8-10H,4-7,11-12H2,1H3,(H,20,23). The Morgan fingerprint density at radius 2 is 1.89 bits per heavy atom. The molecule has 2 aliphatic rings. The molecule has 148 valence electrons. The molecule has 1 aromatic heterocycles. The summed E-state index contributed by atoms with van der Waals surface area (Å²) in [4.78, 5) is 28.5. The maximum atomic E-state index is 12.5. The van der Waals surface area contributed by atoms with Crippen molar-refractivity contribution < 1.29 is 28.2 Å². The normalized spacial score (nSPS) is 16.1. The average molecular weight is 387 g/mol. The molecule has 9 heteroatoms. The summed E-state index contributed by atoms with van der Waals surface area (Å²) >= 11 is 0. The largest absolute Gasteiger partial charge is 0.494 e. The van der Waals surface area contributed by atoms with Crippen molar-refractivity contribution in [2.75, 3.05) is 51.9 Å². The van der Waals surface area contributed by atoms with Crippen LogP contribution in [-0.2, 0) is 4.79 Å². The van der Waals surface area contributed by atoms with Gasteiger partial charge in [0.15, 0.2) is 17.3 Å².